The fourth-order valence-electron chi connectivity index (χ4n) is 1.38. The van der Waals surface area contributed by atoms with Crippen LogP contribution in [0.25, 0.3) is 0 Å². The quantitative estimate of drug-likeness (QED) is 0.863. The lowest BCUT2D eigenvalue weighted by atomic mass is 10.1. The van der Waals surface area contributed by atoms with E-state index in [-0.39, 0.29) is 13.0 Å². The maximum atomic E-state index is 10.6. The summed E-state index contributed by atoms with van der Waals surface area (Å²) >= 11 is 3.33. The topological polar surface area (TPSA) is 46.5 Å². The van der Waals surface area contributed by atoms with Crippen LogP contribution in [0.4, 0.5) is 0 Å². The van der Waals surface area contributed by atoms with Crippen LogP contribution in [0.2, 0.25) is 0 Å². The molecular formula is C12H11BrO3. The second-order valence-electron chi connectivity index (χ2n) is 3.29. The number of terminal acetylenes is 1. The molecule has 16 heavy (non-hydrogen) atoms. The van der Waals surface area contributed by atoms with Gasteiger partial charge in [-0.2, -0.15) is 0 Å². The van der Waals surface area contributed by atoms with Crippen molar-refractivity contribution >= 4 is 21.9 Å². The summed E-state index contributed by atoms with van der Waals surface area (Å²) in [7, 11) is 0. The van der Waals surface area contributed by atoms with Gasteiger partial charge in [-0.25, -0.2) is 0 Å². The van der Waals surface area contributed by atoms with Crippen LogP contribution in [-0.4, -0.2) is 17.7 Å². The molecule has 1 aromatic rings. The zero-order valence-electron chi connectivity index (χ0n) is 8.79. The molecule has 0 atom stereocenters. The summed E-state index contributed by atoms with van der Waals surface area (Å²) in [6.45, 7) is 2.04. The Morgan fingerprint density at radius 1 is 1.62 bits per heavy atom. The van der Waals surface area contributed by atoms with Crippen molar-refractivity contribution in [1.29, 1.82) is 0 Å². The number of carboxylic acids is 1. The number of carboxylic acid groups (broad SMARTS) is 1. The van der Waals surface area contributed by atoms with Crippen LogP contribution in [0.1, 0.15) is 11.1 Å². The Hall–Kier alpha value is -1.47. The lowest BCUT2D eigenvalue weighted by Crippen LogP contribution is -2.02. The molecule has 1 aromatic carbocycles. The third-order valence-corrected chi connectivity index (χ3v) is 2.53. The zero-order valence-corrected chi connectivity index (χ0v) is 10.4. The molecule has 3 nitrogen and oxygen atoms in total. The molecule has 1 N–H and O–H groups in total. The van der Waals surface area contributed by atoms with Crippen molar-refractivity contribution in [2.75, 3.05) is 6.61 Å². The Balaban J connectivity index is 2.98. The molecule has 0 saturated carbocycles. The number of benzene rings is 1. The normalized spacial score (nSPS) is 9.56. The second-order valence-corrected chi connectivity index (χ2v) is 4.14. The van der Waals surface area contributed by atoms with Gasteiger partial charge in [0.25, 0.3) is 0 Å². The number of hydrogen-bond donors (Lipinski definition) is 1. The van der Waals surface area contributed by atoms with Gasteiger partial charge < -0.3 is 9.84 Å². The van der Waals surface area contributed by atoms with Gasteiger partial charge in [-0.3, -0.25) is 4.79 Å². The van der Waals surface area contributed by atoms with Crippen molar-refractivity contribution < 1.29 is 14.6 Å². The Labute approximate surface area is 103 Å². The van der Waals surface area contributed by atoms with Gasteiger partial charge in [0.2, 0.25) is 0 Å². The first-order valence-electron chi connectivity index (χ1n) is 4.61. The van der Waals surface area contributed by atoms with E-state index in [1.54, 1.807) is 12.1 Å². The van der Waals surface area contributed by atoms with Crippen LogP contribution in [0.3, 0.4) is 0 Å². The van der Waals surface area contributed by atoms with Crippen LogP contribution < -0.4 is 4.74 Å². The molecule has 0 radical (unpaired) electrons. The highest BCUT2D eigenvalue weighted by molar-refractivity contribution is 9.10. The van der Waals surface area contributed by atoms with Crippen molar-refractivity contribution in [2.45, 2.75) is 13.3 Å². The third-order valence-electron chi connectivity index (χ3n) is 1.94. The zero-order chi connectivity index (χ0) is 12.1. The van der Waals surface area contributed by atoms with Crippen molar-refractivity contribution in [3.8, 4) is 18.1 Å². The van der Waals surface area contributed by atoms with E-state index in [1.165, 1.54) is 0 Å². The van der Waals surface area contributed by atoms with E-state index in [0.29, 0.717) is 5.75 Å². The SMILES string of the molecule is C#CCOc1c(C)cc(CC(=O)O)cc1Br. The highest BCUT2D eigenvalue weighted by Crippen LogP contribution is 2.30. The molecule has 0 bridgehead atoms. The molecule has 84 valence electrons. The minimum atomic E-state index is -0.858. The van der Waals surface area contributed by atoms with Crippen LogP contribution in [0.15, 0.2) is 16.6 Å². The van der Waals surface area contributed by atoms with Crippen LogP contribution in [0.5, 0.6) is 5.75 Å². The number of halogens is 1. The van der Waals surface area contributed by atoms with Crippen LogP contribution in [-0.2, 0) is 11.2 Å². The van der Waals surface area contributed by atoms with E-state index >= 15 is 0 Å². The van der Waals surface area contributed by atoms with Gasteiger partial charge >= 0.3 is 5.97 Å². The lowest BCUT2D eigenvalue weighted by Gasteiger charge is -2.10. The van der Waals surface area contributed by atoms with E-state index in [0.717, 1.165) is 15.6 Å². The van der Waals surface area contributed by atoms with Gasteiger partial charge in [-0.05, 0) is 40.0 Å². The molecule has 0 aromatic heterocycles. The Morgan fingerprint density at radius 3 is 2.81 bits per heavy atom. The molecule has 1 rings (SSSR count). The molecule has 0 unspecified atom stereocenters. The monoisotopic (exact) mass is 282 g/mol. The first kappa shape index (κ1) is 12.6. The first-order valence-corrected chi connectivity index (χ1v) is 5.41. The minimum Gasteiger partial charge on any atom is -0.481 e. The number of aliphatic carboxylic acids is 1. The average molecular weight is 283 g/mol. The molecule has 0 aliphatic carbocycles. The number of hydrogen-bond acceptors (Lipinski definition) is 2. The summed E-state index contributed by atoms with van der Waals surface area (Å²) in [6, 6.07) is 3.51. The molecule has 0 fully saturated rings. The standard InChI is InChI=1S/C12H11BrO3/c1-3-4-16-12-8(2)5-9(6-10(12)13)7-11(14)15/h1,5-6H,4,7H2,2H3,(H,14,15). The van der Waals surface area contributed by atoms with Crippen molar-refractivity contribution in [1.82, 2.24) is 0 Å². The number of rotatable bonds is 4. The van der Waals surface area contributed by atoms with Gasteiger partial charge in [-0.1, -0.05) is 12.0 Å². The van der Waals surface area contributed by atoms with Crippen molar-refractivity contribution in [2.24, 2.45) is 0 Å². The Bertz CT molecular complexity index is 423. The maximum Gasteiger partial charge on any atom is 0.307 e. The largest absolute Gasteiger partial charge is 0.481 e. The highest BCUT2D eigenvalue weighted by atomic mass is 79.9. The molecule has 4 heteroatoms. The number of ether oxygens (including phenoxy) is 1. The fraction of sp³-hybridized carbons (Fsp3) is 0.250. The molecular weight excluding hydrogens is 272 g/mol. The summed E-state index contributed by atoms with van der Waals surface area (Å²) < 4.78 is 6.07. The van der Waals surface area contributed by atoms with Gasteiger partial charge in [-0.15, -0.1) is 6.42 Å². The van der Waals surface area contributed by atoms with E-state index < -0.39 is 5.97 Å². The fourth-order valence-corrected chi connectivity index (χ4v) is 2.10. The van der Waals surface area contributed by atoms with E-state index in [1.807, 2.05) is 6.92 Å². The predicted octanol–water partition coefficient (Wildman–Crippen LogP) is 2.40. The number of aryl methyl sites for hydroxylation is 1. The summed E-state index contributed by atoms with van der Waals surface area (Å²) in [6.07, 6.45) is 5.10. The Kier molecular flexibility index (Phi) is 4.39. The van der Waals surface area contributed by atoms with Crippen molar-refractivity contribution in [3.63, 3.8) is 0 Å². The van der Waals surface area contributed by atoms with Crippen molar-refractivity contribution in [3.05, 3.63) is 27.7 Å². The lowest BCUT2D eigenvalue weighted by molar-refractivity contribution is -0.136. The second kappa shape index (κ2) is 5.57. The predicted molar refractivity (Wildman–Crippen MR) is 64.5 cm³/mol. The molecule has 0 aliphatic rings. The summed E-state index contributed by atoms with van der Waals surface area (Å²) in [4.78, 5) is 10.6. The van der Waals surface area contributed by atoms with E-state index in [4.69, 9.17) is 16.3 Å². The molecule has 0 spiro atoms. The molecule has 0 saturated heterocycles. The summed E-state index contributed by atoms with van der Waals surface area (Å²) in [5, 5.41) is 8.69. The molecule has 0 aliphatic heterocycles. The van der Waals surface area contributed by atoms with Gasteiger partial charge in [0.1, 0.15) is 12.4 Å². The number of carbonyl (C=O) groups is 1. The van der Waals surface area contributed by atoms with E-state index in [9.17, 15) is 4.79 Å². The van der Waals surface area contributed by atoms with Crippen LogP contribution in [0, 0.1) is 19.3 Å². The molecule has 0 amide bonds. The molecule has 0 heterocycles. The summed E-state index contributed by atoms with van der Waals surface area (Å²) in [5.74, 6) is 2.18. The Morgan fingerprint density at radius 2 is 2.31 bits per heavy atom. The van der Waals surface area contributed by atoms with E-state index in [2.05, 4.69) is 21.9 Å². The minimum absolute atomic E-state index is 0.00510. The van der Waals surface area contributed by atoms with Crippen LogP contribution >= 0.6 is 15.9 Å². The third kappa shape index (κ3) is 3.28. The maximum absolute atomic E-state index is 10.6. The van der Waals surface area contributed by atoms with Gasteiger partial charge in [0.15, 0.2) is 0 Å². The van der Waals surface area contributed by atoms with Gasteiger partial charge in [0.05, 0.1) is 10.9 Å². The summed E-state index contributed by atoms with van der Waals surface area (Å²) in [5.41, 5.74) is 1.59. The average Bonchev–Trinajstić information content (AvgIpc) is 2.15. The first-order chi connectivity index (χ1) is 7.54. The van der Waals surface area contributed by atoms with Gasteiger partial charge in [0, 0.05) is 0 Å². The smallest absolute Gasteiger partial charge is 0.307 e. The highest BCUT2D eigenvalue weighted by Gasteiger charge is 2.09.